The standard InChI is InChI=1S/C21H26F2N4O5/c1-13-15(19(29)26-21(25-13)27-7-9-31-10-8-27)4-6-18(28)24-12-14-3-5-16(32-20(22)23)17(11-14)30-2/h3,5,11,20H,4,6-10,12H2,1-2H3,(H,24,28)(H,25,26,29). The van der Waals surface area contributed by atoms with Crippen LogP contribution in [0, 0.1) is 6.92 Å². The first-order chi connectivity index (χ1) is 15.4. The van der Waals surface area contributed by atoms with Crippen molar-refractivity contribution in [3.63, 3.8) is 0 Å². The number of aromatic nitrogens is 2. The number of amides is 1. The zero-order chi connectivity index (χ0) is 23.1. The van der Waals surface area contributed by atoms with Crippen LogP contribution in [0.25, 0.3) is 0 Å². The molecule has 2 heterocycles. The van der Waals surface area contributed by atoms with Gasteiger partial charge in [-0.25, -0.2) is 4.98 Å². The smallest absolute Gasteiger partial charge is 0.387 e. The summed E-state index contributed by atoms with van der Waals surface area (Å²) in [6, 6.07) is 4.43. The number of rotatable bonds is 9. The number of anilines is 1. The van der Waals surface area contributed by atoms with Gasteiger partial charge in [0, 0.05) is 37.3 Å². The van der Waals surface area contributed by atoms with E-state index in [4.69, 9.17) is 9.47 Å². The van der Waals surface area contributed by atoms with Crippen molar-refractivity contribution in [2.75, 3.05) is 38.3 Å². The van der Waals surface area contributed by atoms with Gasteiger partial charge < -0.3 is 24.4 Å². The lowest BCUT2D eigenvalue weighted by Crippen LogP contribution is -2.38. The second-order valence-corrected chi connectivity index (χ2v) is 7.19. The molecule has 1 aliphatic rings. The largest absolute Gasteiger partial charge is 0.493 e. The van der Waals surface area contributed by atoms with Crippen LogP contribution in [-0.2, 0) is 22.5 Å². The monoisotopic (exact) mass is 452 g/mol. The highest BCUT2D eigenvalue weighted by Crippen LogP contribution is 2.29. The summed E-state index contributed by atoms with van der Waals surface area (Å²) >= 11 is 0. The molecule has 0 aliphatic carbocycles. The Morgan fingerprint density at radius 2 is 2.06 bits per heavy atom. The summed E-state index contributed by atoms with van der Waals surface area (Å²) in [5.74, 6) is 0.316. The number of hydrogen-bond donors (Lipinski definition) is 2. The van der Waals surface area contributed by atoms with Gasteiger partial charge in [0.05, 0.1) is 20.3 Å². The average Bonchev–Trinajstić information content (AvgIpc) is 2.78. The van der Waals surface area contributed by atoms with Gasteiger partial charge >= 0.3 is 6.61 Å². The van der Waals surface area contributed by atoms with Crippen molar-refractivity contribution in [3.8, 4) is 11.5 Å². The molecule has 0 saturated carbocycles. The van der Waals surface area contributed by atoms with Crippen LogP contribution in [0.5, 0.6) is 11.5 Å². The molecule has 32 heavy (non-hydrogen) atoms. The van der Waals surface area contributed by atoms with E-state index in [0.29, 0.717) is 49.1 Å². The Morgan fingerprint density at radius 3 is 2.72 bits per heavy atom. The molecule has 0 atom stereocenters. The molecule has 2 N–H and O–H groups in total. The molecule has 3 rings (SSSR count). The zero-order valence-corrected chi connectivity index (χ0v) is 18.0. The number of methoxy groups -OCH3 is 1. The number of benzene rings is 1. The van der Waals surface area contributed by atoms with E-state index >= 15 is 0 Å². The highest BCUT2D eigenvalue weighted by atomic mass is 19.3. The zero-order valence-electron chi connectivity index (χ0n) is 18.0. The lowest BCUT2D eigenvalue weighted by molar-refractivity contribution is -0.121. The van der Waals surface area contributed by atoms with E-state index in [9.17, 15) is 18.4 Å². The van der Waals surface area contributed by atoms with Crippen LogP contribution < -0.4 is 25.2 Å². The number of H-pyrrole nitrogens is 1. The molecule has 1 aromatic carbocycles. The van der Waals surface area contributed by atoms with E-state index in [1.165, 1.54) is 19.2 Å². The van der Waals surface area contributed by atoms with Gasteiger partial charge in [-0.2, -0.15) is 8.78 Å². The van der Waals surface area contributed by atoms with Crippen LogP contribution in [-0.4, -0.2) is 55.9 Å². The molecule has 1 aromatic heterocycles. The van der Waals surface area contributed by atoms with Crippen LogP contribution in [0.2, 0.25) is 0 Å². The predicted octanol–water partition coefficient (Wildman–Crippen LogP) is 1.77. The van der Waals surface area contributed by atoms with E-state index in [-0.39, 0.29) is 42.4 Å². The average molecular weight is 452 g/mol. The van der Waals surface area contributed by atoms with E-state index < -0.39 is 6.61 Å². The summed E-state index contributed by atoms with van der Waals surface area (Å²) in [6.07, 6.45) is 0.347. The van der Waals surface area contributed by atoms with Gasteiger partial charge in [0.1, 0.15) is 0 Å². The number of carbonyl (C=O) groups excluding carboxylic acids is 1. The Bertz CT molecular complexity index is 993. The van der Waals surface area contributed by atoms with Gasteiger partial charge in [-0.05, 0) is 31.0 Å². The number of nitrogens with one attached hydrogen (secondary N) is 2. The Kier molecular flexibility index (Phi) is 7.98. The SMILES string of the molecule is COc1cc(CNC(=O)CCc2c(C)nc(N3CCOCC3)[nH]c2=O)ccc1OC(F)F. The molecule has 11 heteroatoms. The first-order valence-electron chi connectivity index (χ1n) is 10.2. The summed E-state index contributed by atoms with van der Waals surface area (Å²) in [5.41, 5.74) is 1.45. The molecule has 0 radical (unpaired) electrons. The minimum absolute atomic E-state index is 0.0831. The molecule has 1 saturated heterocycles. The maximum atomic E-state index is 12.5. The van der Waals surface area contributed by atoms with Gasteiger partial charge in [0.2, 0.25) is 11.9 Å². The molecular formula is C21H26F2N4O5. The van der Waals surface area contributed by atoms with Crippen LogP contribution in [0.15, 0.2) is 23.0 Å². The lowest BCUT2D eigenvalue weighted by Gasteiger charge is -2.27. The summed E-state index contributed by atoms with van der Waals surface area (Å²) in [4.78, 5) is 34.0. The molecule has 1 amide bonds. The van der Waals surface area contributed by atoms with Gasteiger partial charge in [-0.1, -0.05) is 6.07 Å². The van der Waals surface area contributed by atoms with Gasteiger partial charge in [0.15, 0.2) is 11.5 Å². The summed E-state index contributed by atoms with van der Waals surface area (Å²) in [7, 11) is 1.34. The Labute approximate surface area is 183 Å². The second-order valence-electron chi connectivity index (χ2n) is 7.19. The van der Waals surface area contributed by atoms with Crippen molar-refractivity contribution in [3.05, 3.63) is 45.4 Å². The summed E-state index contributed by atoms with van der Waals surface area (Å²) in [6.45, 7) is 1.44. The fourth-order valence-electron chi connectivity index (χ4n) is 3.36. The van der Waals surface area contributed by atoms with Crippen molar-refractivity contribution in [1.82, 2.24) is 15.3 Å². The fourth-order valence-corrected chi connectivity index (χ4v) is 3.36. The number of hydrogen-bond acceptors (Lipinski definition) is 7. The molecular weight excluding hydrogens is 426 g/mol. The van der Waals surface area contributed by atoms with Crippen molar-refractivity contribution >= 4 is 11.9 Å². The first-order valence-corrected chi connectivity index (χ1v) is 10.2. The number of nitrogens with zero attached hydrogens (tertiary/aromatic N) is 2. The quantitative estimate of drug-likeness (QED) is 0.597. The van der Waals surface area contributed by atoms with E-state index in [1.807, 2.05) is 4.90 Å². The Hall–Kier alpha value is -3.21. The van der Waals surface area contributed by atoms with Gasteiger partial charge in [-0.15, -0.1) is 0 Å². The summed E-state index contributed by atoms with van der Waals surface area (Å²) < 4.78 is 39.6. The predicted molar refractivity (Wildman–Crippen MR) is 112 cm³/mol. The minimum atomic E-state index is -2.96. The number of ether oxygens (including phenoxy) is 3. The van der Waals surface area contributed by atoms with Crippen molar-refractivity contribution in [2.45, 2.75) is 32.9 Å². The van der Waals surface area contributed by atoms with E-state index in [1.54, 1.807) is 13.0 Å². The highest BCUT2D eigenvalue weighted by Gasteiger charge is 2.17. The normalized spacial score (nSPS) is 13.8. The summed E-state index contributed by atoms with van der Waals surface area (Å²) in [5, 5.41) is 2.74. The second kappa shape index (κ2) is 10.9. The van der Waals surface area contributed by atoms with E-state index in [2.05, 4.69) is 20.0 Å². The van der Waals surface area contributed by atoms with Crippen LogP contribution in [0.4, 0.5) is 14.7 Å². The number of carbonyl (C=O) groups is 1. The third kappa shape index (κ3) is 6.16. The number of alkyl halides is 2. The number of morpholine rings is 1. The van der Waals surface area contributed by atoms with Crippen molar-refractivity contribution < 1.29 is 27.8 Å². The molecule has 174 valence electrons. The van der Waals surface area contributed by atoms with Gasteiger partial charge in [-0.3, -0.25) is 14.6 Å². The molecule has 0 spiro atoms. The topological polar surface area (TPSA) is 106 Å². The van der Waals surface area contributed by atoms with Crippen LogP contribution in [0.1, 0.15) is 23.2 Å². The third-order valence-corrected chi connectivity index (χ3v) is 5.06. The van der Waals surface area contributed by atoms with Crippen LogP contribution in [0.3, 0.4) is 0 Å². The molecule has 0 unspecified atom stereocenters. The highest BCUT2D eigenvalue weighted by molar-refractivity contribution is 5.76. The number of aryl methyl sites for hydroxylation is 1. The molecule has 1 aliphatic heterocycles. The Balaban J connectivity index is 1.55. The van der Waals surface area contributed by atoms with Crippen LogP contribution >= 0.6 is 0 Å². The third-order valence-electron chi connectivity index (χ3n) is 5.06. The van der Waals surface area contributed by atoms with Crippen molar-refractivity contribution in [2.24, 2.45) is 0 Å². The van der Waals surface area contributed by atoms with Gasteiger partial charge in [0.25, 0.3) is 5.56 Å². The first kappa shape index (κ1) is 23.5. The molecule has 1 fully saturated rings. The molecule has 9 nitrogen and oxygen atoms in total. The fraction of sp³-hybridized carbons (Fsp3) is 0.476. The molecule has 2 aromatic rings. The van der Waals surface area contributed by atoms with E-state index in [0.717, 1.165) is 0 Å². The van der Waals surface area contributed by atoms with Crippen molar-refractivity contribution in [1.29, 1.82) is 0 Å². The number of aromatic amines is 1. The minimum Gasteiger partial charge on any atom is -0.493 e. The maximum absolute atomic E-state index is 12.5. The lowest BCUT2D eigenvalue weighted by atomic mass is 10.1. The maximum Gasteiger partial charge on any atom is 0.387 e. The number of halogens is 2. The Morgan fingerprint density at radius 1 is 1.31 bits per heavy atom. The molecule has 0 bridgehead atoms.